The topological polar surface area (TPSA) is 70.8 Å². The maximum Gasteiger partial charge on any atom is 0.266 e. The predicted molar refractivity (Wildman–Crippen MR) is 69.7 cm³/mol. The molecule has 3 heterocycles. The van der Waals surface area contributed by atoms with Crippen LogP contribution in [0.5, 0.6) is 0 Å². The number of rotatable bonds is 1. The SMILES string of the molecule is Cn1cc(-n2ccc3c(c(N)cn3C)c2=O)cn1. The largest absolute Gasteiger partial charge is 0.397 e. The van der Waals surface area contributed by atoms with E-state index in [1.807, 2.05) is 24.7 Å². The van der Waals surface area contributed by atoms with Crippen molar-refractivity contribution < 1.29 is 0 Å². The number of anilines is 1. The van der Waals surface area contributed by atoms with Gasteiger partial charge in [-0.15, -0.1) is 0 Å². The van der Waals surface area contributed by atoms with Crippen LogP contribution in [0.4, 0.5) is 5.69 Å². The first-order valence-corrected chi connectivity index (χ1v) is 5.53. The van der Waals surface area contributed by atoms with Crippen LogP contribution >= 0.6 is 0 Å². The summed E-state index contributed by atoms with van der Waals surface area (Å²) < 4.78 is 5.05. The molecule has 3 rings (SSSR count). The molecule has 0 aromatic carbocycles. The smallest absolute Gasteiger partial charge is 0.266 e. The molecule has 3 aromatic heterocycles. The van der Waals surface area contributed by atoms with E-state index in [9.17, 15) is 4.79 Å². The van der Waals surface area contributed by atoms with Crippen LogP contribution in [0.1, 0.15) is 0 Å². The summed E-state index contributed by atoms with van der Waals surface area (Å²) in [5.41, 5.74) is 7.81. The number of nitrogen functional groups attached to an aromatic ring is 1. The molecule has 3 aromatic rings. The molecular weight excluding hydrogens is 230 g/mol. The monoisotopic (exact) mass is 243 g/mol. The normalized spacial score (nSPS) is 11.2. The van der Waals surface area contributed by atoms with E-state index >= 15 is 0 Å². The van der Waals surface area contributed by atoms with E-state index in [1.165, 1.54) is 0 Å². The summed E-state index contributed by atoms with van der Waals surface area (Å²) in [5.74, 6) is 0. The fourth-order valence-corrected chi connectivity index (χ4v) is 2.17. The van der Waals surface area contributed by atoms with E-state index in [-0.39, 0.29) is 5.56 Å². The zero-order chi connectivity index (χ0) is 12.9. The zero-order valence-electron chi connectivity index (χ0n) is 10.2. The summed E-state index contributed by atoms with van der Waals surface area (Å²) in [4.78, 5) is 12.4. The van der Waals surface area contributed by atoms with Gasteiger partial charge in [0.05, 0.1) is 28.5 Å². The Morgan fingerprint density at radius 2 is 2.06 bits per heavy atom. The molecular formula is C12H13N5O. The average Bonchev–Trinajstić information content (AvgIpc) is 2.85. The van der Waals surface area contributed by atoms with E-state index < -0.39 is 0 Å². The number of aryl methyl sites for hydroxylation is 2. The molecule has 0 spiro atoms. The molecule has 0 fully saturated rings. The van der Waals surface area contributed by atoms with Crippen molar-refractivity contribution in [1.29, 1.82) is 0 Å². The molecule has 0 saturated carbocycles. The zero-order valence-corrected chi connectivity index (χ0v) is 10.2. The highest BCUT2D eigenvalue weighted by atomic mass is 16.1. The third-order valence-electron chi connectivity index (χ3n) is 3.04. The molecule has 92 valence electrons. The highest BCUT2D eigenvalue weighted by Gasteiger charge is 2.11. The van der Waals surface area contributed by atoms with Crippen molar-refractivity contribution in [2.24, 2.45) is 14.1 Å². The van der Waals surface area contributed by atoms with Crippen molar-refractivity contribution in [1.82, 2.24) is 18.9 Å². The van der Waals surface area contributed by atoms with Crippen LogP contribution in [0.3, 0.4) is 0 Å². The first-order valence-electron chi connectivity index (χ1n) is 5.53. The molecule has 0 saturated heterocycles. The average molecular weight is 243 g/mol. The third kappa shape index (κ3) is 1.35. The molecule has 0 amide bonds. The Morgan fingerprint density at radius 3 is 2.72 bits per heavy atom. The lowest BCUT2D eigenvalue weighted by Crippen LogP contribution is -2.17. The van der Waals surface area contributed by atoms with Crippen molar-refractivity contribution in [2.45, 2.75) is 0 Å². The second kappa shape index (κ2) is 3.49. The lowest BCUT2D eigenvalue weighted by molar-refractivity contribution is 0.767. The lowest BCUT2D eigenvalue weighted by Gasteiger charge is -2.03. The van der Waals surface area contributed by atoms with Crippen LogP contribution < -0.4 is 11.3 Å². The van der Waals surface area contributed by atoms with Gasteiger partial charge in [-0.25, -0.2) is 0 Å². The van der Waals surface area contributed by atoms with Crippen molar-refractivity contribution in [2.75, 3.05) is 5.73 Å². The first-order chi connectivity index (χ1) is 8.58. The van der Waals surface area contributed by atoms with E-state index in [0.29, 0.717) is 11.1 Å². The molecule has 0 aliphatic carbocycles. The molecule has 0 aliphatic rings. The summed E-state index contributed by atoms with van der Waals surface area (Å²) in [6, 6.07) is 1.88. The molecule has 2 N–H and O–H groups in total. The molecule has 0 atom stereocenters. The van der Waals surface area contributed by atoms with E-state index in [4.69, 9.17) is 5.73 Å². The second-order valence-electron chi connectivity index (χ2n) is 4.32. The van der Waals surface area contributed by atoms with E-state index in [0.717, 1.165) is 11.2 Å². The minimum absolute atomic E-state index is 0.126. The van der Waals surface area contributed by atoms with Crippen molar-refractivity contribution >= 4 is 16.6 Å². The maximum atomic E-state index is 12.4. The third-order valence-corrected chi connectivity index (χ3v) is 3.04. The molecule has 18 heavy (non-hydrogen) atoms. The Kier molecular flexibility index (Phi) is 2.07. The molecule has 6 nitrogen and oxygen atoms in total. The van der Waals surface area contributed by atoms with Gasteiger partial charge in [0.2, 0.25) is 0 Å². The summed E-state index contributed by atoms with van der Waals surface area (Å²) >= 11 is 0. The second-order valence-corrected chi connectivity index (χ2v) is 4.32. The fraction of sp³-hybridized carbons (Fsp3) is 0.167. The van der Waals surface area contributed by atoms with Crippen molar-refractivity contribution in [3.05, 3.63) is 41.2 Å². The van der Waals surface area contributed by atoms with Crippen LogP contribution in [-0.2, 0) is 14.1 Å². The van der Waals surface area contributed by atoms with E-state index in [2.05, 4.69) is 5.10 Å². The van der Waals surface area contributed by atoms with Gasteiger partial charge in [-0.1, -0.05) is 0 Å². The highest BCUT2D eigenvalue weighted by Crippen LogP contribution is 2.19. The van der Waals surface area contributed by atoms with Gasteiger partial charge in [-0.05, 0) is 6.07 Å². The standard InChI is InChI=1S/C12H13N5O/c1-15-7-9(13)11-10(15)3-4-17(12(11)18)8-5-14-16(2)6-8/h3-7H,13H2,1-2H3. The number of aromatic nitrogens is 4. The first kappa shape index (κ1) is 10.6. The van der Waals surface area contributed by atoms with Crippen LogP contribution in [0.25, 0.3) is 16.6 Å². The van der Waals surface area contributed by atoms with Gasteiger partial charge in [-0.2, -0.15) is 5.10 Å². The Morgan fingerprint density at radius 1 is 1.28 bits per heavy atom. The Balaban J connectivity index is 2.36. The van der Waals surface area contributed by atoms with Crippen LogP contribution in [0.2, 0.25) is 0 Å². The Bertz CT molecular complexity index is 793. The fourth-order valence-electron chi connectivity index (χ4n) is 2.17. The summed E-state index contributed by atoms with van der Waals surface area (Å²) in [5, 5.41) is 4.61. The maximum absolute atomic E-state index is 12.4. The molecule has 0 bridgehead atoms. The lowest BCUT2D eigenvalue weighted by atomic mass is 10.3. The summed E-state index contributed by atoms with van der Waals surface area (Å²) in [6.45, 7) is 0. The van der Waals surface area contributed by atoms with Gasteiger partial charge < -0.3 is 10.3 Å². The minimum Gasteiger partial charge on any atom is -0.397 e. The summed E-state index contributed by atoms with van der Waals surface area (Å²) in [6.07, 6.45) is 6.92. The Labute approximate surface area is 103 Å². The number of nitrogens with two attached hydrogens (primary N) is 1. The number of nitrogens with zero attached hydrogens (tertiary/aromatic N) is 4. The van der Waals surface area contributed by atoms with Gasteiger partial charge in [0.1, 0.15) is 0 Å². The Hall–Kier alpha value is -2.50. The molecule has 6 heteroatoms. The number of hydrogen-bond acceptors (Lipinski definition) is 3. The highest BCUT2D eigenvalue weighted by molar-refractivity contribution is 5.91. The van der Waals surface area contributed by atoms with Gasteiger partial charge in [0.15, 0.2) is 0 Å². The quantitative estimate of drug-likeness (QED) is 0.682. The molecule has 0 radical (unpaired) electrons. The van der Waals surface area contributed by atoms with Gasteiger partial charge in [0.25, 0.3) is 5.56 Å². The van der Waals surface area contributed by atoms with E-state index in [1.54, 1.807) is 34.0 Å². The van der Waals surface area contributed by atoms with Crippen LogP contribution in [-0.4, -0.2) is 18.9 Å². The minimum atomic E-state index is -0.126. The van der Waals surface area contributed by atoms with Gasteiger partial charge in [-0.3, -0.25) is 14.0 Å². The number of pyridine rings is 1. The number of fused-ring (bicyclic) bond motifs is 1. The van der Waals surface area contributed by atoms with Crippen molar-refractivity contribution in [3.8, 4) is 5.69 Å². The van der Waals surface area contributed by atoms with Crippen molar-refractivity contribution in [3.63, 3.8) is 0 Å². The van der Waals surface area contributed by atoms with Gasteiger partial charge in [0, 0.05) is 32.7 Å². The van der Waals surface area contributed by atoms with Crippen LogP contribution in [0.15, 0.2) is 35.6 Å². The summed E-state index contributed by atoms with van der Waals surface area (Å²) in [7, 11) is 3.68. The number of hydrogen-bond donors (Lipinski definition) is 1. The van der Waals surface area contributed by atoms with Crippen LogP contribution in [0, 0.1) is 0 Å². The van der Waals surface area contributed by atoms with Gasteiger partial charge >= 0.3 is 0 Å². The predicted octanol–water partition coefficient (Wildman–Crippen LogP) is 0.645. The molecule has 0 aliphatic heterocycles. The molecule has 0 unspecified atom stereocenters.